The maximum absolute atomic E-state index is 11.0. The molecule has 0 aromatic carbocycles. The van der Waals surface area contributed by atoms with E-state index >= 15 is 0 Å². The normalized spacial score (nSPS) is 11.8. The number of hydrogen-bond acceptors (Lipinski definition) is 4. The molecule has 0 radical (unpaired) electrons. The molecule has 0 fully saturated rings. The van der Waals surface area contributed by atoms with Crippen LogP contribution < -0.4 is 0 Å². The first-order valence-corrected chi connectivity index (χ1v) is 9.57. The van der Waals surface area contributed by atoms with Crippen molar-refractivity contribution >= 4 is 25.5 Å². The molecule has 0 saturated carbocycles. The molecule has 0 atom stereocenters. The maximum atomic E-state index is 11.0. The van der Waals surface area contributed by atoms with E-state index in [0.717, 1.165) is 6.04 Å². The molecule has 1 aromatic rings. The van der Waals surface area contributed by atoms with Gasteiger partial charge in [-0.25, -0.2) is 4.68 Å². The highest BCUT2D eigenvalue weighted by Crippen LogP contribution is 2.09. The van der Waals surface area contributed by atoms with Crippen LogP contribution in [0.2, 0.25) is 31.0 Å². The lowest BCUT2D eigenvalue weighted by Crippen LogP contribution is -2.22. The minimum absolute atomic E-state index is 0.129. The van der Waals surface area contributed by atoms with Crippen molar-refractivity contribution in [3.05, 3.63) is 11.1 Å². The van der Waals surface area contributed by atoms with Crippen LogP contribution in [-0.2, 0) is 11.5 Å². The average Bonchev–Trinajstić information content (AvgIpc) is 2.54. The van der Waals surface area contributed by atoms with Crippen LogP contribution in [0.15, 0.2) is 0 Å². The molecule has 0 N–H and O–H groups in total. The Morgan fingerprint density at radius 2 is 2.12 bits per heavy atom. The molecule has 0 aliphatic rings. The van der Waals surface area contributed by atoms with E-state index in [0.29, 0.717) is 6.61 Å². The van der Waals surface area contributed by atoms with Crippen molar-refractivity contribution in [1.82, 2.24) is 14.8 Å². The number of ether oxygens (including phenoxy) is 1. The highest BCUT2D eigenvalue weighted by atomic mass is 35.5. The fourth-order valence-electron chi connectivity index (χ4n) is 1.08. The lowest BCUT2D eigenvalue weighted by atomic mass is 10.4. The predicted molar refractivity (Wildman–Crippen MR) is 69.1 cm³/mol. The highest BCUT2D eigenvalue weighted by Gasteiger charge is 2.14. The van der Waals surface area contributed by atoms with E-state index < -0.39 is 8.07 Å². The van der Waals surface area contributed by atoms with Crippen LogP contribution in [0.4, 0.5) is 0 Å². The van der Waals surface area contributed by atoms with Crippen LogP contribution in [0.3, 0.4) is 0 Å². The zero-order valence-corrected chi connectivity index (χ0v) is 12.4. The lowest BCUT2D eigenvalue weighted by Gasteiger charge is -2.15. The molecule has 17 heavy (non-hydrogen) atoms. The second-order valence-corrected chi connectivity index (χ2v) is 11.1. The van der Waals surface area contributed by atoms with Gasteiger partial charge in [-0.2, -0.15) is 4.98 Å². The quantitative estimate of drug-likeness (QED) is 0.455. The third-order valence-corrected chi connectivity index (χ3v) is 4.14. The summed E-state index contributed by atoms with van der Waals surface area (Å²) in [4.78, 5) is 14.9. The van der Waals surface area contributed by atoms with Crippen molar-refractivity contribution in [2.45, 2.75) is 39.3 Å². The maximum Gasteiger partial charge on any atom is 0.223 e. The number of Topliss-reactive ketones (excluding diaryl/α,β-unsaturated/α-hetero) is 1. The van der Waals surface area contributed by atoms with Crippen molar-refractivity contribution in [2.24, 2.45) is 0 Å². The molecule has 0 saturated heterocycles. The van der Waals surface area contributed by atoms with Crippen LogP contribution >= 0.6 is 11.6 Å². The molecule has 0 bridgehead atoms. The number of rotatable bonds is 6. The Bertz CT molecular complexity index is 401. The monoisotopic (exact) mass is 275 g/mol. The first kappa shape index (κ1) is 14.3. The van der Waals surface area contributed by atoms with Gasteiger partial charge in [0.15, 0.2) is 5.78 Å². The van der Waals surface area contributed by atoms with E-state index in [1.165, 1.54) is 11.6 Å². The topological polar surface area (TPSA) is 57.0 Å². The third kappa shape index (κ3) is 4.97. The van der Waals surface area contributed by atoms with Crippen molar-refractivity contribution in [1.29, 1.82) is 0 Å². The Balaban J connectivity index is 2.44. The summed E-state index contributed by atoms with van der Waals surface area (Å²) < 4.78 is 6.86. The number of aromatic nitrogens is 3. The van der Waals surface area contributed by atoms with E-state index in [1.54, 1.807) is 0 Å². The average molecular weight is 276 g/mol. The lowest BCUT2D eigenvalue weighted by molar-refractivity contribution is 0.0780. The molecule has 1 heterocycles. The Morgan fingerprint density at radius 3 is 2.59 bits per heavy atom. The van der Waals surface area contributed by atoms with Crippen LogP contribution in [0.25, 0.3) is 0 Å². The molecule has 0 unspecified atom stereocenters. The van der Waals surface area contributed by atoms with Gasteiger partial charge in [-0.1, -0.05) is 19.6 Å². The van der Waals surface area contributed by atoms with E-state index in [4.69, 9.17) is 16.3 Å². The third-order valence-electron chi connectivity index (χ3n) is 2.15. The fourth-order valence-corrected chi connectivity index (χ4v) is 2.01. The molecule has 7 heteroatoms. The van der Waals surface area contributed by atoms with Crippen LogP contribution in [-0.4, -0.2) is 35.2 Å². The van der Waals surface area contributed by atoms with Crippen molar-refractivity contribution in [3.63, 3.8) is 0 Å². The first-order valence-electron chi connectivity index (χ1n) is 5.48. The summed E-state index contributed by atoms with van der Waals surface area (Å²) >= 11 is 5.82. The van der Waals surface area contributed by atoms with E-state index in [-0.39, 0.29) is 23.6 Å². The number of hydrogen-bond donors (Lipinski definition) is 0. The molecule has 0 aliphatic heterocycles. The second-order valence-electron chi connectivity index (χ2n) is 5.11. The Kier molecular flexibility index (Phi) is 4.85. The molecule has 1 rings (SSSR count). The van der Waals surface area contributed by atoms with Crippen molar-refractivity contribution in [2.75, 3.05) is 6.61 Å². The fraction of sp³-hybridized carbons (Fsp3) is 0.700. The summed E-state index contributed by atoms with van der Waals surface area (Å²) in [6.07, 6.45) is 0. The summed E-state index contributed by atoms with van der Waals surface area (Å²) in [5.41, 5.74) is 0. The summed E-state index contributed by atoms with van der Waals surface area (Å²) in [5, 5.41) is 4.14. The van der Waals surface area contributed by atoms with Crippen molar-refractivity contribution < 1.29 is 9.53 Å². The number of nitrogens with zero attached hydrogens (tertiary/aromatic N) is 3. The van der Waals surface area contributed by atoms with Gasteiger partial charge in [0.25, 0.3) is 0 Å². The van der Waals surface area contributed by atoms with Crippen LogP contribution in [0, 0.1) is 0 Å². The minimum atomic E-state index is -1.08. The smallest absolute Gasteiger partial charge is 0.223 e. The largest absolute Gasteiger partial charge is 0.359 e. The van der Waals surface area contributed by atoms with Gasteiger partial charge in [-0.05, 0) is 17.6 Å². The molecule has 0 amide bonds. The number of carbonyl (C=O) groups excluding carboxylic acids is 1. The predicted octanol–water partition coefficient (Wildman–Crippen LogP) is 2.45. The number of halogens is 1. The zero-order valence-electron chi connectivity index (χ0n) is 10.7. The van der Waals surface area contributed by atoms with Gasteiger partial charge in [0.1, 0.15) is 6.73 Å². The number of ketones is 1. The van der Waals surface area contributed by atoms with Crippen LogP contribution in [0.5, 0.6) is 0 Å². The molecule has 0 spiro atoms. The van der Waals surface area contributed by atoms with E-state index in [2.05, 4.69) is 29.7 Å². The van der Waals surface area contributed by atoms with Crippen molar-refractivity contribution in [3.8, 4) is 0 Å². The standard InChI is InChI=1S/C10H18ClN3O2Si/c1-8(15)9-12-10(11)14(13-9)7-16-5-6-17(2,3)4/h5-7H2,1-4H3. The summed E-state index contributed by atoms with van der Waals surface area (Å²) in [6, 6.07) is 1.08. The molecule has 1 aromatic heterocycles. The molecular weight excluding hydrogens is 258 g/mol. The molecule has 96 valence electrons. The summed E-state index contributed by atoms with van der Waals surface area (Å²) in [7, 11) is -1.08. The second kappa shape index (κ2) is 5.75. The van der Waals surface area contributed by atoms with E-state index in [1.807, 2.05) is 0 Å². The summed E-state index contributed by atoms with van der Waals surface area (Å²) in [5.74, 6) is -0.0726. The van der Waals surface area contributed by atoms with Gasteiger partial charge in [0, 0.05) is 21.6 Å². The summed E-state index contributed by atoms with van der Waals surface area (Å²) in [6.45, 7) is 9.18. The highest BCUT2D eigenvalue weighted by molar-refractivity contribution is 6.76. The van der Waals surface area contributed by atoms with E-state index in [9.17, 15) is 4.79 Å². The van der Waals surface area contributed by atoms with Gasteiger partial charge in [0.05, 0.1) is 0 Å². The molecule has 0 aliphatic carbocycles. The van der Waals surface area contributed by atoms with Gasteiger partial charge in [-0.15, -0.1) is 5.10 Å². The zero-order chi connectivity index (χ0) is 13.1. The van der Waals surface area contributed by atoms with Gasteiger partial charge in [0.2, 0.25) is 11.1 Å². The Hall–Kier alpha value is -0.723. The van der Waals surface area contributed by atoms with Gasteiger partial charge in [-0.3, -0.25) is 4.79 Å². The van der Waals surface area contributed by atoms with Gasteiger partial charge < -0.3 is 4.74 Å². The molecule has 5 nitrogen and oxygen atoms in total. The molecular formula is C10H18ClN3O2Si. The first-order chi connectivity index (χ1) is 7.79. The minimum Gasteiger partial charge on any atom is -0.359 e. The Labute approximate surface area is 107 Å². The van der Waals surface area contributed by atoms with Gasteiger partial charge >= 0.3 is 0 Å². The number of carbonyl (C=O) groups is 1. The Morgan fingerprint density at radius 1 is 1.47 bits per heavy atom. The SMILES string of the molecule is CC(=O)c1nc(Cl)n(COCC[Si](C)(C)C)n1. The van der Waals surface area contributed by atoms with Crippen LogP contribution in [0.1, 0.15) is 17.5 Å².